The number of hydrogen-bond donors (Lipinski definition) is 1. The van der Waals surface area contributed by atoms with E-state index in [4.69, 9.17) is 0 Å². The van der Waals surface area contributed by atoms with E-state index in [0.717, 1.165) is 24.2 Å². The van der Waals surface area contributed by atoms with Crippen LogP contribution in [0.15, 0.2) is 0 Å². The van der Waals surface area contributed by atoms with Crippen LogP contribution in [0.1, 0.15) is 91.4 Å². The Balaban J connectivity index is 1.69. The SMILES string of the molecule is CC[C@H]1CC[C@]2(O)[C@@H]3CC[C@@H]4CCCC[C@]4(C)[C@H]3CC[C@]12C. The molecule has 4 rings (SSSR count). The second kappa shape index (κ2) is 4.98. The van der Waals surface area contributed by atoms with Gasteiger partial charge < -0.3 is 5.11 Å². The van der Waals surface area contributed by atoms with Gasteiger partial charge in [-0.1, -0.05) is 40.0 Å². The lowest BCUT2D eigenvalue weighted by molar-refractivity contribution is -0.206. The predicted octanol–water partition coefficient (Wildman–Crippen LogP) is 5.56. The average Bonchev–Trinajstić information content (AvgIpc) is 2.78. The van der Waals surface area contributed by atoms with Crippen molar-refractivity contribution in [2.24, 2.45) is 34.5 Å². The number of hydrogen-bond acceptors (Lipinski definition) is 1. The highest BCUT2D eigenvalue weighted by molar-refractivity contribution is 5.16. The standard InChI is InChI=1S/C21H36O/c1-4-15-10-14-21(22)18-9-8-16-7-5-6-12-19(16,2)17(18)11-13-20(15,21)3/h15-18,22H,4-14H2,1-3H3/t15-,16-,17-,18+,19-,20+,21-/m0/s1. The highest BCUT2D eigenvalue weighted by Gasteiger charge is 2.66. The van der Waals surface area contributed by atoms with Gasteiger partial charge in [0.25, 0.3) is 0 Å². The summed E-state index contributed by atoms with van der Waals surface area (Å²) in [7, 11) is 0. The van der Waals surface area contributed by atoms with Gasteiger partial charge in [0.2, 0.25) is 0 Å². The van der Waals surface area contributed by atoms with Crippen molar-refractivity contribution in [3.05, 3.63) is 0 Å². The van der Waals surface area contributed by atoms with Gasteiger partial charge in [0.15, 0.2) is 0 Å². The van der Waals surface area contributed by atoms with E-state index in [1.165, 1.54) is 64.2 Å². The van der Waals surface area contributed by atoms with Crippen molar-refractivity contribution in [2.45, 2.75) is 97.0 Å². The molecule has 4 aliphatic rings. The maximum Gasteiger partial charge on any atom is 0.0734 e. The van der Waals surface area contributed by atoms with Gasteiger partial charge >= 0.3 is 0 Å². The molecule has 126 valence electrons. The zero-order valence-corrected chi connectivity index (χ0v) is 15.0. The average molecular weight is 305 g/mol. The van der Waals surface area contributed by atoms with Crippen molar-refractivity contribution < 1.29 is 5.11 Å². The monoisotopic (exact) mass is 304 g/mol. The zero-order valence-electron chi connectivity index (χ0n) is 15.0. The van der Waals surface area contributed by atoms with E-state index in [1.807, 2.05) is 0 Å². The Morgan fingerprint density at radius 3 is 2.45 bits per heavy atom. The molecule has 1 heteroatoms. The number of fused-ring (bicyclic) bond motifs is 5. The fourth-order valence-corrected chi connectivity index (χ4v) is 8.03. The van der Waals surface area contributed by atoms with Crippen LogP contribution in [0.2, 0.25) is 0 Å². The molecule has 0 radical (unpaired) electrons. The largest absolute Gasteiger partial charge is 0.389 e. The third-order valence-corrected chi connectivity index (χ3v) is 9.45. The van der Waals surface area contributed by atoms with Gasteiger partial charge in [0, 0.05) is 0 Å². The van der Waals surface area contributed by atoms with E-state index in [2.05, 4.69) is 20.8 Å². The maximum absolute atomic E-state index is 11.9. The van der Waals surface area contributed by atoms with Gasteiger partial charge in [-0.3, -0.25) is 0 Å². The van der Waals surface area contributed by atoms with E-state index < -0.39 is 0 Å². The van der Waals surface area contributed by atoms with Crippen molar-refractivity contribution >= 4 is 0 Å². The third-order valence-electron chi connectivity index (χ3n) is 9.45. The first-order chi connectivity index (χ1) is 10.5. The fraction of sp³-hybridized carbons (Fsp3) is 1.00. The molecule has 0 saturated heterocycles. The minimum Gasteiger partial charge on any atom is -0.389 e. The first kappa shape index (κ1) is 15.5. The fourth-order valence-electron chi connectivity index (χ4n) is 8.03. The summed E-state index contributed by atoms with van der Waals surface area (Å²) in [6.45, 7) is 7.39. The van der Waals surface area contributed by atoms with Crippen LogP contribution >= 0.6 is 0 Å². The molecular formula is C21H36O. The van der Waals surface area contributed by atoms with Gasteiger partial charge in [-0.25, -0.2) is 0 Å². The maximum atomic E-state index is 11.9. The molecule has 0 spiro atoms. The summed E-state index contributed by atoms with van der Waals surface area (Å²) in [5, 5.41) is 11.9. The quantitative estimate of drug-likeness (QED) is 0.672. The minimum atomic E-state index is -0.345. The number of aliphatic hydroxyl groups is 1. The Morgan fingerprint density at radius 1 is 0.864 bits per heavy atom. The van der Waals surface area contributed by atoms with Crippen molar-refractivity contribution in [1.29, 1.82) is 0 Å². The van der Waals surface area contributed by atoms with E-state index in [-0.39, 0.29) is 11.0 Å². The summed E-state index contributed by atoms with van der Waals surface area (Å²) in [4.78, 5) is 0. The lowest BCUT2D eigenvalue weighted by Crippen LogP contribution is -2.61. The summed E-state index contributed by atoms with van der Waals surface area (Å²) in [5.74, 6) is 3.12. The summed E-state index contributed by atoms with van der Waals surface area (Å²) < 4.78 is 0. The van der Waals surface area contributed by atoms with Gasteiger partial charge in [0.1, 0.15) is 0 Å². The highest BCUT2D eigenvalue weighted by atomic mass is 16.3. The first-order valence-electron chi connectivity index (χ1n) is 10.2. The molecule has 22 heavy (non-hydrogen) atoms. The molecular weight excluding hydrogens is 268 g/mol. The van der Waals surface area contributed by atoms with Crippen LogP contribution in [0.4, 0.5) is 0 Å². The minimum absolute atomic E-state index is 0.209. The normalized spacial score (nSPS) is 57.8. The van der Waals surface area contributed by atoms with Gasteiger partial charge in [-0.05, 0) is 85.9 Å². The van der Waals surface area contributed by atoms with Crippen molar-refractivity contribution in [1.82, 2.24) is 0 Å². The third kappa shape index (κ3) is 1.75. The van der Waals surface area contributed by atoms with Crippen LogP contribution in [0, 0.1) is 34.5 Å². The smallest absolute Gasteiger partial charge is 0.0734 e. The molecule has 0 aliphatic heterocycles. The van der Waals surface area contributed by atoms with Crippen LogP contribution in [0.5, 0.6) is 0 Å². The lowest BCUT2D eigenvalue weighted by atomic mass is 9.43. The molecule has 0 aromatic carbocycles. The van der Waals surface area contributed by atoms with Crippen LogP contribution in [-0.4, -0.2) is 10.7 Å². The van der Waals surface area contributed by atoms with Crippen molar-refractivity contribution in [3.8, 4) is 0 Å². The van der Waals surface area contributed by atoms with E-state index in [0.29, 0.717) is 11.3 Å². The van der Waals surface area contributed by atoms with Crippen LogP contribution in [-0.2, 0) is 0 Å². The van der Waals surface area contributed by atoms with E-state index >= 15 is 0 Å². The lowest BCUT2D eigenvalue weighted by Gasteiger charge is -2.63. The Hall–Kier alpha value is -0.0400. The molecule has 0 amide bonds. The van der Waals surface area contributed by atoms with Gasteiger partial charge in [-0.15, -0.1) is 0 Å². The van der Waals surface area contributed by atoms with Crippen molar-refractivity contribution in [2.75, 3.05) is 0 Å². The second-order valence-electron chi connectivity index (χ2n) is 9.76. The molecule has 0 bridgehead atoms. The van der Waals surface area contributed by atoms with E-state index in [1.54, 1.807) is 0 Å². The molecule has 0 unspecified atom stereocenters. The summed E-state index contributed by atoms with van der Waals surface area (Å²) in [6.07, 6.45) is 14.8. The molecule has 0 aromatic heterocycles. The molecule has 0 aromatic rings. The van der Waals surface area contributed by atoms with Crippen LogP contribution < -0.4 is 0 Å². The summed E-state index contributed by atoms with van der Waals surface area (Å²) >= 11 is 0. The topological polar surface area (TPSA) is 20.2 Å². The Morgan fingerprint density at radius 2 is 1.68 bits per heavy atom. The Bertz CT molecular complexity index is 445. The van der Waals surface area contributed by atoms with Crippen LogP contribution in [0.25, 0.3) is 0 Å². The molecule has 4 fully saturated rings. The highest BCUT2D eigenvalue weighted by Crippen LogP contribution is 2.69. The molecule has 0 heterocycles. The molecule has 7 atom stereocenters. The molecule has 4 saturated carbocycles. The summed E-state index contributed by atoms with van der Waals surface area (Å²) in [5.41, 5.74) is 0.408. The van der Waals surface area contributed by atoms with Crippen molar-refractivity contribution in [3.63, 3.8) is 0 Å². The molecule has 1 N–H and O–H groups in total. The predicted molar refractivity (Wildman–Crippen MR) is 91.6 cm³/mol. The molecule has 1 nitrogen and oxygen atoms in total. The van der Waals surface area contributed by atoms with Crippen LogP contribution in [0.3, 0.4) is 0 Å². The second-order valence-corrected chi connectivity index (χ2v) is 9.76. The number of rotatable bonds is 1. The molecule has 4 aliphatic carbocycles. The van der Waals surface area contributed by atoms with Gasteiger partial charge in [0.05, 0.1) is 5.60 Å². The zero-order chi connectivity index (χ0) is 15.6. The van der Waals surface area contributed by atoms with E-state index in [9.17, 15) is 5.11 Å². The Labute approximate surface area is 137 Å². The Kier molecular flexibility index (Phi) is 3.50. The van der Waals surface area contributed by atoms with Gasteiger partial charge in [-0.2, -0.15) is 0 Å². The summed E-state index contributed by atoms with van der Waals surface area (Å²) in [6, 6.07) is 0. The first-order valence-corrected chi connectivity index (χ1v) is 10.2.